The zero-order valence-electron chi connectivity index (χ0n) is 10.9. The second kappa shape index (κ2) is 5.48. The maximum atomic E-state index is 11.9. The summed E-state index contributed by atoms with van der Waals surface area (Å²) in [6, 6.07) is 0. The van der Waals surface area contributed by atoms with Gasteiger partial charge in [-0.3, -0.25) is 14.4 Å². The lowest BCUT2D eigenvalue weighted by Crippen LogP contribution is -2.35. The molecule has 0 bridgehead atoms. The number of H-pyrrole nitrogens is 1. The summed E-state index contributed by atoms with van der Waals surface area (Å²) in [6.45, 7) is 4.77. The minimum Gasteiger partial charge on any atom is -0.358 e. The van der Waals surface area contributed by atoms with Gasteiger partial charge in [0, 0.05) is 19.7 Å². The van der Waals surface area contributed by atoms with Gasteiger partial charge in [0.25, 0.3) is 5.91 Å². The van der Waals surface area contributed by atoms with Crippen molar-refractivity contribution >= 4 is 17.6 Å². The number of hydrogen-bond donors (Lipinski definition) is 3. The summed E-state index contributed by atoms with van der Waals surface area (Å²) >= 11 is 0. The van der Waals surface area contributed by atoms with E-state index < -0.39 is 0 Å². The van der Waals surface area contributed by atoms with Crippen LogP contribution >= 0.6 is 0 Å². The van der Waals surface area contributed by atoms with Crippen LogP contribution in [0.1, 0.15) is 39.0 Å². The molecule has 0 saturated carbocycles. The fourth-order valence-corrected chi connectivity index (χ4v) is 1.78. The van der Waals surface area contributed by atoms with Gasteiger partial charge in [-0.25, -0.2) is 0 Å². The maximum Gasteiger partial charge on any atom is 0.253 e. The third-order valence-electron chi connectivity index (χ3n) is 2.70. The fraction of sp³-hybridized carbons (Fsp3) is 0.417. The Hall–Kier alpha value is -2.11. The zero-order chi connectivity index (χ0) is 13.9. The SMILES string of the molecule is CNC(=O)CNC(=O)c1c(C)[nH]c(C(C)=O)c1C. The van der Waals surface area contributed by atoms with Crippen LogP contribution in [0.2, 0.25) is 0 Å². The third kappa shape index (κ3) is 2.77. The van der Waals surface area contributed by atoms with E-state index in [2.05, 4.69) is 15.6 Å². The lowest BCUT2D eigenvalue weighted by atomic mass is 10.1. The Kier molecular flexibility index (Phi) is 4.25. The number of carbonyl (C=O) groups excluding carboxylic acids is 3. The van der Waals surface area contributed by atoms with E-state index in [0.29, 0.717) is 22.5 Å². The summed E-state index contributed by atoms with van der Waals surface area (Å²) < 4.78 is 0. The largest absolute Gasteiger partial charge is 0.358 e. The van der Waals surface area contributed by atoms with Crippen LogP contribution in [0, 0.1) is 13.8 Å². The topological polar surface area (TPSA) is 91.1 Å². The van der Waals surface area contributed by atoms with Crippen LogP contribution in [-0.2, 0) is 4.79 Å². The molecule has 1 rings (SSSR count). The summed E-state index contributed by atoms with van der Waals surface area (Å²) in [7, 11) is 1.50. The minimum absolute atomic E-state index is 0.0885. The van der Waals surface area contributed by atoms with Gasteiger partial charge in [-0.1, -0.05) is 0 Å². The molecular formula is C12H17N3O3. The maximum absolute atomic E-state index is 11.9. The number of likely N-dealkylation sites (N-methyl/N-ethyl adjacent to an activating group) is 1. The predicted molar refractivity (Wildman–Crippen MR) is 66.7 cm³/mol. The number of nitrogens with one attached hydrogen (secondary N) is 3. The summed E-state index contributed by atoms with van der Waals surface area (Å²) in [6.07, 6.45) is 0. The van der Waals surface area contributed by atoms with Crippen molar-refractivity contribution in [3.63, 3.8) is 0 Å². The summed E-state index contributed by atoms with van der Waals surface area (Å²) in [5.41, 5.74) is 2.07. The smallest absolute Gasteiger partial charge is 0.253 e. The van der Waals surface area contributed by atoms with E-state index in [1.807, 2.05) is 0 Å². The molecule has 0 aliphatic carbocycles. The van der Waals surface area contributed by atoms with E-state index in [0.717, 1.165) is 0 Å². The van der Waals surface area contributed by atoms with Gasteiger partial charge in [0.2, 0.25) is 5.91 Å². The lowest BCUT2D eigenvalue weighted by Gasteiger charge is -2.05. The van der Waals surface area contributed by atoms with Crippen LogP contribution in [0.5, 0.6) is 0 Å². The number of hydrogen-bond acceptors (Lipinski definition) is 3. The van der Waals surface area contributed by atoms with Crippen molar-refractivity contribution in [3.05, 3.63) is 22.5 Å². The van der Waals surface area contributed by atoms with Gasteiger partial charge < -0.3 is 15.6 Å². The average molecular weight is 251 g/mol. The molecule has 6 heteroatoms. The average Bonchev–Trinajstić information content (AvgIpc) is 2.61. The summed E-state index contributed by atoms with van der Waals surface area (Å²) in [4.78, 5) is 37.2. The molecule has 0 spiro atoms. The van der Waals surface area contributed by atoms with Crippen molar-refractivity contribution in [2.45, 2.75) is 20.8 Å². The number of rotatable bonds is 4. The molecule has 1 aromatic rings. The standard InChI is InChI=1S/C12H17N3O3/c1-6-10(7(2)15-11(6)8(3)16)12(18)14-5-9(17)13-4/h15H,5H2,1-4H3,(H,13,17)(H,14,18). The van der Waals surface area contributed by atoms with Gasteiger partial charge in [0.15, 0.2) is 5.78 Å². The first-order valence-corrected chi connectivity index (χ1v) is 5.57. The molecule has 1 heterocycles. The Morgan fingerprint density at radius 3 is 2.28 bits per heavy atom. The molecule has 0 fully saturated rings. The van der Waals surface area contributed by atoms with Gasteiger partial charge in [-0.2, -0.15) is 0 Å². The molecule has 18 heavy (non-hydrogen) atoms. The van der Waals surface area contributed by atoms with Crippen LogP contribution in [0.4, 0.5) is 0 Å². The molecule has 0 unspecified atom stereocenters. The number of aryl methyl sites for hydroxylation is 1. The van der Waals surface area contributed by atoms with Crippen LogP contribution in [0.25, 0.3) is 0 Å². The van der Waals surface area contributed by atoms with E-state index in [1.165, 1.54) is 14.0 Å². The molecule has 98 valence electrons. The Balaban J connectivity index is 2.93. The van der Waals surface area contributed by atoms with Gasteiger partial charge >= 0.3 is 0 Å². The summed E-state index contributed by atoms with van der Waals surface area (Å²) in [5, 5.41) is 4.91. The molecule has 0 atom stereocenters. The van der Waals surface area contributed by atoms with Gasteiger partial charge in [0.05, 0.1) is 17.8 Å². The minimum atomic E-state index is -0.364. The van der Waals surface area contributed by atoms with Crippen molar-refractivity contribution < 1.29 is 14.4 Å². The fourth-order valence-electron chi connectivity index (χ4n) is 1.78. The Labute approximate surface area is 105 Å². The molecule has 0 aliphatic heterocycles. The van der Waals surface area contributed by atoms with Gasteiger partial charge in [0.1, 0.15) is 0 Å². The molecule has 3 N–H and O–H groups in total. The number of amides is 2. The predicted octanol–water partition coefficient (Wildman–Crippen LogP) is 0.310. The second-order valence-corrected chi connectivity index (χ2v) is 4.04. The van der Waals surface area contributed by atoms with Crippen LogP contribution in [0.15, 0.2) is 0 Å². The first-order chi connectivity index (χ1) is 8.38. The summed E-state index contributed by atoms with van der Waals surface area (Å²) in [5.74, 6) is -0.765. The van der Waals surface area contributed by atoms with Gasteiger partial charge in [-0.15, -0.1) is 0 Å². The zero-order valence-corrected chi connectivity index (χ0v) is 10.9. The highest BCUT2D eigenvalue weighted by atomic mass is 16.2. The number of aromatic nitrogens is 1. The highest BCUT2D eigenvalue weighted by Gasteiger charge is 2.20. The molecule has 0 aliphatic rings. The number of ketones is 1. The molecular weight excluding hydrogens is 234 g/mol. The second-order valence-electron chi connectivity index (χ2n) is 4.04. The van der Waals surface area contributed by atoms with Crippen LogP contribution in [-0.4, -0.2) is 36.2 Å². The van der Waals surface area contributed by atoms with Crippen molar-refractivity contribution in [1.82, 2.24) is 15.6 Å². The molecule has 2 amide bonds. The van der Waals surface area contributed by atoms with Crippen molar-refractivity contribution in [2.24, 2.45) is 0 Å². The highest BCUT2D eigenvalue weighted by molar-refractivity contribution is 6.03. The monoisotopic (exact) mass is 251 g/mol. The molecule has 0 saturated heterocycles. The first-order valence-electron chi connectivity index (χ1n) is 5.57. The lowest BCUT2D eigenvalue weighted by molar-refractivity contribution is -0.119. The van der Waals surface area contributed by atoms with E-state index in [1.54, 1.807) is 13.8 Å². The van der Waals surface area contributed by atoms with Crippen molar-refractivity contribution in [2.75, 3.05) is 13.6 Å². The third-order valence-corrected chi connectivity index (χ3v) is 2.70. The van der Waals surface area contributed by atoms with E-state index in [9.17, 15) is 14.4 Å². The molecule has 6 nitrogen and oxygen atoms in total. The van der Waals surface area contributed by atoms with E-state index in [-0.39, 0.29) is 24.1 Å². The normalized spacial score (nSPS) is 10.0. The number of carbonyl (C=O) groups is 3. The van der Waals surface area contributed by atoms with Crippen molar-refractivity contribution in [3.8, 4) is 0 Å². The quantitative estimate of drug-likeness (QED) is 0.672. The Bertz CT molecular complexity index is 503. The van der Waals surface area contributed by atoms with Crippen LogP contribution < -0.4 is 10.6 Å². The van der Waals surface area contributed by atoms with Crippen molar-refractivity contribution in [1.29, 1.82) is 0 Å². The Morgan fingerprint density at radius 1 is 1.22 bits per heavy atom. The number of aromatic amines is 1. The van der Waals surface area contributed by atoms with Gasteiger partial charge in [-0.05, 0) is 19.4 Å². The first kappa shape index (κ1) is 14.0. The van der Waals surface area contributed by atoms with Crippen LogP contribution in [0.3, 0.4) is 0 Å². The van der Waals surface area contributed by atoms with E-state index >= 15 is 0 Å². The van der Waals surface area contributed by atoms with E-state index in [4.69, 9.17) is 0 Å². The number of Topliss-reactive ketones (excluding diaryl/α,β-unsaturated/α-hetero) is 1. The molecule has 0 radical (unpaired) electrons. The molecule has 1 aromatic heterocycles. The molecule has 0 aromatic carbocycles. The highest BCUT2D eigenvalue weighted by Crippen LogP contribution is 2.18. The Morgan fingerprint density at radius 2 is 1.83 bits per heavy atom.